The van der Waals surface area contributed by atoms with E-state index in [-0.39, 0.29) is 16.7 Å². The number of rotatable bonds is 8. The van der Waals surface area contributed by atoms with Crippen molar-refractivity contribution in [1.29, 1.82) is 0 Å². The lowest BCUT2D eigenvalue weighted by molar-refractivity contribution is -0.120. The van der Waals surface area contributed by atoms with E-state index in [0.717, 1.165) is 28.1 Å². The molecule has 2 heterocycles. The molecule has 2 rings (SSSR count). The predicted octanol–water partition coefficient (Wildman–Crippen LogP) is 4.13. The third kappa shape index (κ3) is 5.10. The Morgan fingerprint density at radius 3 is 2.62 bits per heavy atom. The molecule has 0 saturated carbocycles. The first-order valence-corrected chi connectivity index (χ1v) is 10.9. The Kier molecular flexibility index (Phi) is 7.29. The van der Waals surface area contributed by atoms with Crippen molar-refractivity contribution in [3.8, 4) is 0 Å². The van der Waals surface area contributed by atoms with Crippen LogP contribution in [0.2, 0.25) is 0 Å². The van der Waals surface area contributed by atoms with Crippen LogP contribution in [0.25, 0.3) is 10.2 Å². The number of nitrogens with zero attached hydrogens (tertiary/aromatic N) is 1. The first-order valence-electron chi connectivity index (χ1n) is 9.19. The Hall–Kier alpha value is -1.34. The fourth-order valence-electron chi connectivity index (χ4n) is 2.62. The van der Waals surface area contributed by atoms with Gasteiger partial charge in [0, 0.05) is 11.4 Å². The van der Waals surface area contributed by atoms with Gasteiger partial charge in [-0.2, -0.15) is 0 Å². The van der Waals surface area contributed by atoms with Gasteiger partial charge in [-0.05, 0) is 37.7 Å². The predicted molar refractivity (Wildman–Crippen MR) is 111 cm³/mol. The van der Waals surface area contributed by atoms with Gasteiger partial charge >= 0.3 is 0 Å². The smallest absolute Gasteiger partial charge is 0.260 e. The highest BCUT2D eigenvalue weighted by Gasteiger charge is 2.20. The third-order valence-electron chi connectivity index (χ3n) is 4.43. The zero-order valence-corrected chi connectivity index (χ0v) is 18.1. The van der Waals surface area contributed by atoms with Gasteiger partial charge in [0.15, 0.2) is 5.16 Å². The minimum Gasteiger partial charge on any atom is -0.355 e. The lowest BCUT2D eigenvalue weighted by Gasteiger charge is -2.12. The van der Waals surface area contributed by atoms with Gasteiger partial charge < -0.3 is 10.3 Å². The van der Waals surface area contributed by atoms with E-state index in [9.17, 15) is 9.59 Å². The van der Waals surface area contributed by atoms with Crippen LogP contribution in [0.3, 0.4) is 0 Å². The van der Waals surface area contributed by atoms with Crippen molar-refractivity contribution in [2.24, 2.45) is 11.8 Å². The van der Waals surface area contributed by atoms with Crippen molar-refractivity contribution >= 4 is 39.2 Å². The van der Waals surface area contributed by atoms with Crippen LogP contribution in [0, 0.1) is 18.8 Å². The minimum absolute atomic E-state index is 0.0359. The van der Waals surface area contributed by atoms with Crippen LogP contribution in [-0.4, -0.2) is 27.7 Å². The second-order valence-electron chi connectivity index (χ2n) is 7.30. The summed E-state index contributed by atoms with van der Waals surface area (Å²) in [5, 5.41) is 3.83. The SMILES string of the molecule is CC[C@H](C)Cc1c(C)sc2nc(S[C@H](C)C(=O)NCC(C)C)[nH]c(=O)c12. The lowest BCUT2D eigenvalue weighted by Crippen LogP contribution is -2.33. The summed E-state index contributed by atoms with van der Waals surface area (Å²) in [7, 11) is 0. The first kappa shape index (κ1) is 21.0. The van der Waals surface area contributed by atoms with Crippen LogP contribution in [0.5, 0.6) is 0 Å². The van der Waals surface area contributed by atoms with Gasteiger partial charge in [-0.25, -0.2) is 4.98 Å². The molecule has 2 atom stereocenters. The monoisotopic (exact) mass is 395 g/mol. The summed E-state index contributed by atoms with van der Waals surface area (Å²) < 4.78 is 0. The number of nitrogens with one attached hydrogen (secondary N) is 2. The molecule has 144 valence electrons. The zero-order valence-electron chi connectivity index (χ0n) is 16.4. The number of carbonyl (C=O) groups is 1. The number of aromatic nitrogens is 2. The molecule has 26 heavy (non-hydrogen) atoms. The maximum atomic E-state index is 12.7. The van der Waals surface area contributed by atoms with Crippen molar-refractivity contribution < 1.29 is 4.79 Å². The standard InChI is InChI=1S/C19H29N3O2S2/c1-7-11(4)8-14-12(5)25-18-15(14)17(24)21-19(22-18)26-13(6)16(23)20-9-10(2)3/h10-11,13H,7-9H2,1-6H3,(H,20,23)(H,21,22,24)/t11-,13+/m0/s1. The van der Waals surface area contributed by atoms with Gasteiger partial charge in [0.05, 0.1) is 10.6 Å². The van der Waals surface area contributed by atoms with Crippen LogP contribution in [0.4, 0.5) is 0 Å². The number of amides is 1. The molecular formula is C19H29N3O2S2. The van der Waals surface area contributed by atoms with E-state index in [1.807, 2.05) is 6.92 Å². The zero-order chi connectivity index (χ0) is 19.4. The van der Waals surface area contributed by atoms with E-state index < -0.39 is 0 Å². The molecule has 0 aliphatic heterocycles. The van der Waals surface area contributed by atoms with Crippen molar-refractivity contribution in [2.45, 2.75) is 64.8 Å². The van der Waals surface area contributed by atoms with E-state index in [0.29, 0.717) is 28.9 Å². The lowest BCUT2D eigenvalue weighted by atomic mass is 9.98. The summed E-state index contributed by atoms with van der Waals surface area (Å²) in [6, 6.07) is 0. The molecule has 2 N–H and O–H groups in total. The average Bonchev–Trinajstić information content (AvgIpc) is 2.88. The molecule has 0 aliphatic carbocycles. The second-order valence-corrected chi connectivity index (χ2v) is 9.84. The molecular weight excluding hydrogens is 366 g/mol. The summed E-state index contributed by atoms with van der Waals surface area (Å²) in [6.45, 7) is 13.0. The fourth-order valence-corrected chi connectivity index (χ4v) is 4.55. The topological polar surface area (TPSA) is 74.8 Å². The van der Waals surface area contributed by atoms with E-state index in [1.54, 1.807) is 11.3 Å². The number of thiophene rings is 1. The van der Waals surface area contributed by atoms with Crippen LogP contribution < -0.4 is 10.9 Å². The maximum absolute atomic E-state index is 12.7. The van der Waals surface area contributed by atoms with Gasteiger partial charge in [-0.3, -0.25) is 9.59 Å². The van der Waals surface area contributed by atoms with Crippen LogP contribution in [0.15, 0.2) is 9.95 Å². The number of aryl methyl sites for hydroxylation is 1. The highest BCUT2D eigenvalue weighted by Crippen LogP contribution is 2.31. The van der Waals surface area contributed by atoms with Gasteiger partial charge in [-0.1, -0.05) is 45.9 Å². The number of aromatic amines is 1. The number of thioether (sulfide) groups is 1. The number of hydrogen-bond acceptors (Lipinski definition) is 5. The summed E-state index contributed by atoms with van der Waals surface area (Å²) >= 11 is 2.86. The number of carbonyl (C=O) groups excluding carboxylic acids is 1. The average molecular weight is 396 g/mol. The first-order chi connectivity index (χ1) is 12.2. The Labute approximate surface area is 163 Å². The molecule has 0 radical (unpaired) electrons. The largest absolute Gasteiger partial charge is 0.355 e. The molecule has 1 amide bonds. The van der Waals surface area contributed by atoms with Gasteiger partial charge in [0.2, 0.25) is 5.91 Å². The molecule has 0 spiro atoms. The quantitative estimate of drug-likeness (QED) is 0.520. The number of hydrogen-bond donors (Lipinski definition) is 2. The summed E-state index contributed by atoms with van der Waals surface area (Å²) in [4.78, 5) is 34.2. The van der Waals surface area contributed by atoms with Crippen LogP contribution >= 0.6 is 23.1 Å². The summed E-state index contributed by atoms with van der Waals surface area (Å²) in [5.41, 5.74) is 1.02. The Balaban J connectivity index is 2.23. The van der Waals surface area contributed by atoms with Crippen LogP contribution in [0.1, 0.15) is 51.5 Å². The molecule has 0 aliphatic rings. The van der Waals surface area contributed by atoms with E-state index in [2.05, 4.69) is 49.9 Å². The number of fused-ring (bicyclic) bond motifs is 1. The minimum atomic E-state index is -0.310. The fraction of sp³-hybridized carbons (Fsp3) is 0.632. The van der Waals surface area contributed by atoms with Gasteiger partial charge in [0.1, 0.15) is 4.83 Å². The third-order valence-corrected chi connectivity index (χ3v) is 6.46. The molecule has 2 aromatic rings. The second kappa shape index (κ2) is 9.04. The van der Waals surface area contributed by atoms with Crippen molar-refractivity contribution in [2.75, 3.05) is 6.54 Å². The Morgan fingerprint density at radius 2 is 2.00 bits per heavy atom. The Bertz CT molecular complexity index is 826. The molecule has 0 bridgehead atoms. The van der Waals surface area contributed by atoms with Gasteiger partial charge in [0.25, 0.3) is 5.56 Å². The molecule has 0 fully saturated rings. The van der Waals surface area contributed by atoms with Gasteiger partial charge in [-0.15, -0.1) is 11.3 Å². The molecule has 0 unspecified atom stereocenters. The van der Waals surface area contributed by atoms with E-state index in [4.69, 9.17) is 0 Å². The van der Waals surface area contributed by atoms with Crippen molar-refractivity contribution in [3.63, 3.8) is 0 Å². The highest BCUT2D eigenvalue weighted by molar-refractivity contribution is 8.00. The summed E-state index contributed by atoms with van der Waals surface area (Å²) in [5.74, 6) is 0.902. The van der Waals surface area contributed by atoms with Crippen LogP contribution in [-0.2, 0) is 11.2 Å². The van der Waals surface area contributed by atoms with Crippen molar-refractivity contribution in [3.05, 3.63) is 20.8 Å². The molecule has 2 aromatic heterocycles. The maximum Gasteiger partial charge on any atom is 0.260 e. The highest BCUT2D eigenvalue weighted by atomic mass is 32.2. The summed E-state index contributed by atoms with van der Waals surface area (Å²) in [6.07, 6.45) is 1.98. The molecule has 0 saturated heterocycles. The van der Waals surface area contributed by atoms with E-state index >= 15 is 0 Å². The van der Waals surface area contributed by atoms with E-state index in [1.165, 1.54) is 11.8 Å². The normalized spacial score (nSPS) is 14.0. The Morgan fingerprint density at radius 1 is 1.31 bits per heavy atom. The molecule has 0 aromatic carbocycles. The van der Waals surface area contributed by atoms with Crippen molar-refractivity contribution in [1.82, 2.24) is 15.3 Å². The molecule has 7 heteroatoms. The number of H-pyrrole nitrogens is 1. The molecule has 5 nitrogen and oxygen atoms in total.